The summed E-state index contributed by atoms with van der Waals surface area (Å²) in [5.74, 6) is -1.50. The smallest absolute Gasteiger partial charge is 0.407 e. The van der Waals surface area contributed by atoms with Gasteiger partial charge in [0, 0.05) is 24.4 Å². The van der Waals surface area contributed by atoms with Crippen molar-refractivity contribution in [1.82, 2.24) is 20.4 Å². The van der Waals surface area contributed by atoms with Crippen LogP contribution in [0, 0.1) is 0 Å². The minimum Gasteiger partial charge on any atom is -0.481 e. The third-order valence-electron chi connectivity index (χ3n) is 6.41. The molecule has 3 aromatic rings. The van der Waals surface area contributed by atoms with Crippen LogP contribution in [0.3, 0.4) is 0 Å². The predicted molar refractivity (Wildman–Crippen MR) is 122 cm³/mol. The molecule has 2 aliphatic rings. The van der Waals surface area contributed by atoms with Crippen LogP contribution < -0.4 is 5.32 Å². The highest BCUT2D eigenvalue weighted by molar-refractivity contribution is 5.86. The van der Waals surface area contributed by atoms with Gasteiger partial charge in [0.15, 0.2) is 0 Å². The van der Waals surface area contributed by atoms with Crippen LogP contribution in [0.1, 0.15) is 41.1 Å². The van der Waals surface area contributed by atoms with Crippen molar-refractivity contribution in [3.8, 4) is 11.1 Å². The van der Waals surface area contributed by atoms with Gasteiger partial charge in [-0.2, -0.15) is 5.10 Å². The molecule has 174 valence electrons. The van der Waals surface area contributed by atoms with Crippen molar-refractivity contribution in [2.75, 3.05) is 6.61 Å². The number of carboxylic acids is 1. The topological polar surface area (TPSA) is 125 Å². The molecule has 34 heavy (non-hydrogen) atoms. The second-order valence-corrected chi connectivity index (χ2v) is 8.52. The summed E-state index contributed by atoms with van der Waals surface area (Å²) < 4.78 is 5.55. The number of H-pyrrole nitrogens is 1. The van der Waals surface area contributed by atoms with Gasteiger partial charge < -0.3 is 20.1 Å². The number of hydrogen-bond donors (Lipinski definition) is 3. The fourth-order valence-electron chi connectivity index (χ4n) is 4.75. The van der Waals surface area contributed by atoms with Gasteiger partial charge in [-0.05, 0) is 28.7 Å². The highest BCUT2D eigenvalue weighted by Gasteiger charge is 2.33. The van der Waals surface area contributed by atoms with Crippen molar-refractivity contribution in [2.24, 2.45) is 0 Å². The summed E-state index contributed by atoms with van der Waals surface area (Å²) in [5.41, 5.74) is 6.16. The van der Waals surface area contributed by atoms with Crippen LogP contribution in [-0.2, 0) is 27.4 Å². The average Bonchev–Trinajstić information content (AvgIpc) is 3.52. The van der Waals surface area contributed by atoms with Crippen LogP contribution in [-0.4, -0.2) is 50.8 Å². The van der Waals surface area contributed by atoms with Crippen LogP contribution in [0.15, 0.2) is 54.7 Å². The zero-order chi connectivity index (χ0) is 23.7. The van der Waals surface area contributed by atoms with Gasteiger partial charge in [0.25, 0.3) is 0 Å². The molecule has 2 aromatic carbocycles. The third kappa shape index (κ3) is 4.12. The first-order valence-electron chi connectivity index (χ1n) is 11.1. The second-order valence-electron chi connectivity index (χ2n) is 8.52. The number of fused-ring (bicyclic) bond motifs is 4. The summed E-state index contributed by atoms with van der Waals surface area (Å²) >= 11 is 0. The molecule has 0 bridgehead atoms. The first-order valence-corrected chi connectivity index (χ1v) is 11.1. The van der Waals surface area contributed by atoms with Gasteiger partial charge in [-0.3, -0.25) is 14.7 Å². The van der Waals surface area contributed by atoms with E-state index < -0.39 is 18.1 Å². The van der Waals surface area contributed by atoms with Gasteiger partial charge in [-0.25, -0.2) is 4.79 Å². The number of carboxylic acid groups (broad SMARTS) is 1. The minimum absolute atomic E-state index is 0.0267. The summed E-state index contributed by atoms with van der Waals surface area (Å²) in [7, 11) is 0. The van der Waals surface area contributed by atoms with E-state index in [1.165, 1.54) is 0 Å². The number of carbonyl (C=O) groups is 3. The summed E-state index contributed by atoms with van der Waals surface area (Å²) in [4.78, 5) is 38.5. The second kappa shape index (κ2) is 9.01. The molecule has 9 heteroatoms. The van der Waals surface area contributed by atoms with Crippen molar-refractivity contribution in [1.29, 1.82) is 0 Å². The minimum atomic E-state index is -1.04. The molecule has 2 amide bonds. The van der Waals surface area contributed by atoms with E-state index in [0.717, 1.165) is 33.5 Å². The van der Waals surface area contributed by atoms with E-state index in [1.807, 2.05) is 36.4 Å². The molecule has 1 aliphatic heterocycles. The zero-order valence-electron chi connectivity index (χ0n) is 18.4. The van der Waals surface area contributed by atoms with Crippen molar-refractivity contribution in [3.63, 3.8) is 0 Å². The van der Waals surface area contributed by atoms with E-state index in [4.69, 9.17) is 9.84 Å². The summed E-state index contributed by atoms with van der Waals surface area (Å²) in [6.45, 7) is 0.810. The van der Waals surface area contributed by atoms with E-state index in [1.54, 1.807) is 11.1 Å². The fourth-order valence-corrected chi connectivity index (χ4v) is 4.75. The van der Waals surface area contributed by atoms with Gasteiger partial charge in [0.2, 0.25) is 5.91 Å². The Hall–Kier alpha value is -4.14. The number of carbonyl (C=O) groups excluding carboxylic acids is 2. The molecule has 1 aromatic heterocycles. The molecule has 0 saturated heterocycles. The van der Waals surface area contributed by atoms with Gasteiger partial charge in [0.05, 0.1) is 18.4 Å². The maximum atomic E-state index is 13.1. The number of ether oxygens (including phenoxy) is 1. The largest absolute Gasteiger partial charge is 0.481 e. The molecule has 5 rings (SSSR count). The zero-order valence-corrected chi connectivity index (χ0v) is 18.4. The highest BCUT2D eigenvalue weighted by atomic mass is 16.5. The summed E-state index contributed by atoms with van der Waals surface area (Å²) in [5, 5.41) is 18.5. The number of aliphatic carboxylic acids is 1. The van der Waals surface area contributed by atoms with E-state index in [2.05, 4.69) is 27.6 Å². The molecule has 1 unspecified atom stereocenters. The lowest BCUT2D eigenvalue weighted by Crippen LogP contribution is -2.47. The maximum Gasteiger partial charge on any atom is 0.407 e. The number of aromatic amines is 1. The number of alkyl carbamates (subject to hydrolysis) is 1. The Labute approximate surface area is 195 Å². The Morgan fingerprint density at radius 1 is 1.09 bits per heavy atom. The van der Waals surface area contributed by atoms with Crippen LogP contribution in [0.2, 0.25) is 0 Å². The highest BCUT2D eigenvalue weighted by Crippen LogP contribution is 2.44. The number of rotatable bonds is 7. The molecular formula is C25H24N4O5. The molecule has 9 nitrogen and oxygen atoms in total. The van der Waals surface area contributed by atoms with E-state index >= 15 is 0 Å². The summed E-state index contributed by atoms with van der Waals surface area (Å²) in [6, 6.07) is 15.0. The van der Waals surface area contributed by atoms with Crippen molar-refractivity contribution >= 4 is 18.0 Å². The lowest BCUT2D eigenvalue weighted by molar-refractivity contribution is -0.138. The van der Waals surface area contributed by atoms with Crippen LogP contribution >= 0.6 is 0 Å². The maximum absolute atomic E-state index is 13.1. The standard InChI is InChI=1S/C25H24N4O5/c30-23(31)10-9-21(24(32)29-12-15-11-26-28-22(15)13-29)27-25(33)34-14-20-18-7-3-1-5-16(18)17-6-2-4-8-19(17)20/h1-8,11,20-21H,9-10,12-14H2,(H,26,28)(H,27,33)(H,30,31). The molecular weight excluding hydrogens is 436 g/mol. The normalized spacial score (nSPS) is 14.8. The van der Waals surface area contributed by atoms with Gasteiger partial charge in [0.1, 0.15) is 12.6 Å². The van der Waals surface area contributed by atoms with Gasteiger partial charge >= 0.3 is 12.1 Å². The molecule has 0 spiro atoms. The number of nitrogens with zero attached hydrogens (tertiary/aromatic N) is 2. The van der Waals surface area contributed by atoms with E-state index in [9.17, 15) is 14.4 Å². The SMILES string of the molecule is O=C(O)CCC(NC(=O)OCC1c2ccccc2-c2ccccc21)C(=O)N1Cc2cn[nH]c2C1. The number of benzene rings is 2. The van der Waals surface area contributed by atoms with E-state index in [0.29, 0.717) is 13.1 Å². The Morgan fingerprint density at radius 2 is 1.76 bits per heavy atom. The molecule has 0 fully saturated rings. The van der Waals surface area contributed by atoms with E-state index in [-0.39, 0.29) is 31.3 Å². The number of amides is 2. The molecule has 0 radical (unpaired) electrons. The van der Waals surface area contributed by atoms with Crippen molar-refractivity contribution in [2.45, 2.75) is 37.9 Å². The molecule has 1 aliphatic carbocycles. The Kier molecular flexibility index (Phi) is 5.75. The Bertz CT molecular complexity index is 1190. The Morgan fingerprint density at radius 3 is 2.41 bits per heavy atom. The first-order chi connectivity index (χ1) is 16.5. The monoisotopic (exact) mass is 460 g/mol. The predicted octanol–water partition coefficient (Wildman–Crippen LogP) is 3.02. The lowest BCUT2D eigenvalue weighted by atomic mass is 9.98. The third-order valence-corrected chi connectivity index (χ3v) is 6.41. The lowest BCUT2D eigenvalue weighted by Gasteiger charge is -2.24. The van der Waals surface area contributed by atoms with Crippen LogP contribution in [0.25, 0.3) is 11.1 Å². The van der Waals surface area contributed by atoms with Crippen molar-refractivity contribution in [3.05, 3.63) is 77.1 Å². The summed E-state index contributed by atoms with van der Waals surface area (Å²) in [6.07, 6.45) is 0.639. The number of aromatic nitrogens is 2. The number of hydrogen-bond acceptors (Lipinski definition) is 5. The van der Waals surface area contributed by atoms with Crippen LogP contribution in [0.4, 0.5) is 4.79 Å². The van der Waals surface area contributed by atoms with Gasteiger partial charge in [-0.1, -0.05) is 48.5 Å². The number of nitrogens with one attached hydrogen (secondary N) is 2. The molecule has 2 heterocycles. The van der Waals surface area contributed by atoms with Crippen LogP contribution in [0.5, 0.6) is 0 Å². The average molecular weight is 460 g/mol. The van der Waals surface area contributed by atoms with Crippen molar-refractivity contribution < 1.29 is 24.2 Å². The molecule has 1 atom stereocenters. The van der Waals surface area contributed by atoms with Gasteiger partial charge in [-0.15, -0.1) is 0 Å². The quantitative estimate of drug-likeness (QED) is 0.498. The Balaban J connectivity index is 1.25. The molecule has 3 N–H and O–H groups in total. The first kappa shape index (κ1) is 21.7. The fraction of sp³-hybridized carbons (Fsp3) is 0.280. The molecule has 0 saturated carbocycles.